The number of hydrogen-bond donors (Lipinski definition) is 2. The molecule has 2 rings (SSSR count). The zero-order valence-electron chi connectivity index (χ0n) is 18.7. The van der Waals surface area contributed by atoms with Gasteiger partial charge in [-0.25, -0.2) is 0 Å². The van der Waals surface area contributed by atoms with Gasteiger partial charge in [0.05, 0.1) is 0 Å². The number of benzene rings is 2. The quantitative estimate of drug-likeness (QED) is 0.0850. The molecule has 0 aliphatic rings. The van der Waals surface area contributed by atoms with Crippen molar-refractivity contribution in [3.63, 3.8) is 0 Å². The predicted molar refractivity (Wildman–Crippen MR) is 135 cm³/mol. The van der Waals surface area contributed by atoms with Crippen molar-refractivity contribution in [3.05, 3.63) is 65.7 Å². The predicted octanol–water partition coefficient (Wildman–Crippen LogP) is 4.62. The number of thioether (sulfide) groups is 1. The molecule has 16 heteroatoms. The molecule has 37 heavy (non-hydrogen) atoms. The molecule has 0 aliphatic carbocycles. The summed E-state index contributed by atoms with van der Waals surface area (Å²) in [5.74, 6) is 0. The molecule has 0 amide bonds. The van der Waals surface area contributed by atoms with E-state index in [0.29, 0.717) is 11.1 Å². The Hall–Kier alpha value is -2.39. The van der Waals surface area contributed by atoms with Crippen LogP contribution in [0, 0.1) is 0 Å². The van der Waals surface area contributed by atoms with E-state index < -0.39 is 35.8 Å². The maximum atomic E-state index is 12.5. The molecule has 1 radical (unpaired) electrons. The van der Waals surface area contributed by atoms with Crippen molar-refractivity contribution in [2.24, 2.45) is 20.4 Å². The Bertz CT molecular complexity index is 1120. The molecular formula is C21H18CuF6N6S3. The Kier molecular flexibility index (Phi) is 13.3. The summed E-state index contributed by atoms with van der Waals surface area (Å²) >= 11 is 11.1. The fraction of sp³-hybridized carbons (Fsp3) is 0.238. The van der Waals surface area contributed by atoms with Crippen LogP contribution in [0.15, 0.2) is 79.9 Å². The molecule has 0 atom stereocenters. The van der Waals surface area contributed by atoms with Crippen molar-refractivity contribution < 1.29 is 43.4 Å². The topological polar surface area (TPSA) is 73.5 Å². The van der Waals surface area contributed by atoms with Gasteiger partial charge in [-0.05, 0) is 28.7 Å². The molecule has 0 aromatic heterocycles. The summed E-state index contributed by atoms with van der Waals surface area (Å²) in [7, 11) is 0. The summed E-state index contributed by atoms with van der Waals surface area (Å²) < 4.78 is 74.9. The van der Waals surface area contributed by atoms with Gasteiger partial charge in [0, 0.05) is 16.0 Å². The van der Waals surface area contributed by atoms with Crippen LogP contribution in [0.3, 0.4) is 0 Å². The number of nitrogens with zero attached hydrogens (tertiary/aromatic N) is 4. The zero-order chi connectivity index (χ0) is 26.8. The van der Waals surface area contributed by atoms with Gasteiger partial charge in [0.2, 0.25) is 0 Å². The van der Waals surface area contributed by atoms with Crippen molar-refractivity contribution in [2.75, 3.05) is 19.3 Å². The monoisotopic (exact) mass is 627 g/mol. The van der Waals surface area contributed by atoms with Gasteiger partial charge >= 0.3 is 29.4 Å². The smallest absolute Gasteiger partial charge is 0.741 e. The Morgan fingerprint density at radius 1 is 0.703 bits per heavy atom. The average Bonchev–Trinajstić information content (AvgIpc) is 2.83. The summed E-state index contributed by atoms with van der Waals surface area (Å²) in [6, 6.07) is 15.2. The first-order chi connectivity index (χ1) is 16.9. The Morgan fingerprint density at radius 2 is 1.11 bits per heavy atom. The molecule has 0 aliphatic heterocycles. The van der Waals surface area contributed by atoms with E-state index in [-0.39, 0.29) is 28.5 Å². The van der Waals surface area contributed by atoms with Crippen molar-refractivity contribution in [1.29, 1.82) is 0 Å². The Balaban J connectivity index is 0.00000684. The molecule has 0 unspecified atom stereocenters. The van der Waals surface area contributed by atoms with E-state index in [9.17, 15) is 26.3 Å². The van der Waals surface area contributed by atoms with E-state index >= 15 is 0 Å². The van der Waals surface area contributed by atoms with Crippen LogP contribution < -0.4 is 10.6 Å². The summed E-state index contributed by atoms with van der Waals surface area (Å²) in [5.41, 5.74) is 0.984. The van der Waals surface area contributed by atoms with E-state index in [1.807, 2.05) is 16.9 Å². The molecule has 0 fully saturated rings. The number of alkyl halides is 6. The third-order valence-electron chi connectivity index (χ3n) is 4.00. The fourth-order valence-corrected chi connectivity index (χ4v) is 3.08. The molecule has 2 aromatic carbocycles. The van der Waals surface area contributed by atoms with Crippen molar-refractivity contribution >= 4 is 58.8 Å². The second-order valence-electron chi connectivity index (χ2n) is 6.74. The molecule has 0 bridgehead atoms. The minimum absolute atomic E-state index is 0. The first-order valence-corrected chi connectivity index (χ1v) is 11.9. The number of rotatable bonds is 8. The van der Waals surface area contributed by atoms with Crippen LogP contribution in [-0.4, -0.2) is 53.5 Å². The Labute approximate surface area is 234 Å². The maximum absolute atomic E-state index is 12.5. The van der Waals surface area contributed by atoms with Gasteiger partial charge in [-0.1, -0.05) is 42.5 Å². The molecule has 0 heterocycles. The fourth-order valence-electron chi connectivity index (χ4n) is 2.44. The van der Waals surface area contributed by atoms with Gasteiger partial charge in [0.15, 0.2) is 0 Å². The number of halogens is 6. The average molecular weight is 628 g/mol. The zero-order valence-corrected chi connectivity index (χ0v) is 22.1. The van der Waals surface area contributed by atoms with E-state index in [4.69, 9.17) is 25.3 Å². The first kappa shape index (κ1) is 32.6. The number of amidine groups is 2. The van der Waals surface area contributed by atoms with Crippen molar-refractivity contribution in [2.45, 2.75) is 17.2 Å². The molecule has 0 saturated heterocycles. The Morgan fingerprint density at radius 3 is 1.49 bits per heavy atom. The number of nitrogens with one attached hydrogen (secondary N) is 2. The third-order valence-corrected chi connectivity index (χ3v) is 5.19. The van der Waals surface area contributed by atoms with Gasteiger partial charge < -0.3 is 35.9 Å². The third kappa shape index (κ3) is 12.6. The standard InChI is InChI=1S/C21H20F6N6S3.Cu/c1-36-15-9-7-14(8-10-15)17(31-33-19(35)29-12-21(25,26)27)16(13-5-3-2-4-6-13)30-32-18(34)28-11-20(22,23)24;/h2-10H,11-12H2,1H3,(H2,28,32,34)(H2,29,33,35);/q;+2/p-2/b30-16+,31-17+;. The molecule has 0 spiro atoms. The number of hydrogen-bond acceptors (Lipinski definition) is 7. The van der Waals surface area contributed by atoms with Crippen LogP contribution in [0.1, 0.15) is 11.1 Å². The maximum Gasteiger partial charge on any atom is 2.00 e. The molecule has 6 nitrogen and oxygen atoms in total. The van der Waals surface area contributed by atoms with Crippen LogP contribution in [0.4, 0.5) is 26.3 Å². The van der Waals surface area contributed by atoms with Crippen molar-refractivity contribution in [3.8, 4) is 0 Å². The summed E-state index contributed by atoms with van der Waals surface area (Å²) in [4.78, 5) is 0.915. The van der Waals surface area contributed by atoms with E-state index in [1.165, 1.54) is 11.8 Å². The molecular weight excluding hydrogens is 610 g/mol. The largest absolute Gasteiger partial charge is 2.00 e. The summed E-state index contributed by atoms with van der Waals surface area (Å²) in [6.07, 6.45) is -7.17. The van der Waals surface area contributed by atoms with Gasteiger partial charge in [0.25, 0.3) is 0 Å². The normalized spacial score (nSPS) is 13.7. The van der Waals surface area contributed by atoms with Gasteiger partial charge in [-0.3, -0.25) is 0 Å². The van der Waals surface area contributed by atoms with Gasteiger partial charge in [-0.15, -0.1) is 22.0 Å². The molecule has 203 valence electrons. The minimum Gasteiger partial charge on any atom is -0.741 e. The summed E-state index contributed by atoms with van der Waals surface area (Å²) in [6.45, 7) is -2.81. The van der Waals surface area contributed by atoms with Crippen molar-refractivity contribution in [1.82, 2.24) is 10.6 Å². The molecule has 2 N–H and O–H groups in total. The molecule has 0 saturated carbocycles. The van der Waals surface area contributed by atoms with Crippen LogP contribution >= 0.6 is 11.8 Å². The van der Waals surface area contributed by atoms with Crippen LogP contribution in [0.5, 0.6) is 0 Å². The van der Waals surface area contributed by atoms with E-state index in [2.05, 4.69) is 20.4 Å². The van der Waals surface area contributed by atoms with Crippen LogP contribution in [0.2, 0.25) is 0 Å². The second-order valence-corrected chi connectivity index (χ2v) is 8.39. The van der Waals surface area contributed by atoms with Crippen LogP contribution in [0.25, 0.3) is 0 Å². The first-order valence-electron chi connectivity index (χ1n) is 9.85. The van der Waals surface area contributed by atoms with E-state index in [0.717, 1.165) is 4.90 Å². The van der Waals surface area contributed by atoms with E-state index in [1.54, 1.807) is 54.6 Å². The second kappa shape index (κ2) is 15.1. The van der Waals surface area contributed by atoms with Gasteiger partial charge in [-0.2, -0.15) is 36.5 Å². The van der Waals surface area contributed by atoms with Crippen LogP contribution in [-0.2, 0) is 42.3 Å². The minimum atomic E-state index is -4.52. The SMILES string of the molecule is CSc1ccc(C(=N\N=C(/[S-])NCC(F)(F)F)/C(=N/N=C(\[S-])NCC(F)(F)F)c2ccccc2)cc1.[Cu+2]. The molecule has 2 aromatic rings. The van der Waals surface area contributed by atoms with Gasteiger partial charge in [0.1, 0.15) is 24.5 Å². The summed E-state index contributed by atoms with van der Waals surface area (Å²) in [5, 5.41) is 18.2.